The Kier molecular flexibility index (Phi) is 5.45. The molecule has 0 aliphatic heterocycles. The number of aromatic nitrogens is 2. The first-order chi connectivity index (χ1) is 12.0. The van der Waals surface area contributed by atoms with Gasteiger partial charge < -0.3 is 15.0 Å². The molecule has 1 heterocycles. The van der Waals surface area contributed by atoms with Gasteiger partial charge in [0, 0.05) is 11.1 Å². The van der Waals surface area contributed by atoms with Crippen LogP contribution >= 0.6 is 23.4 Å². The smallest absolute Gasteiger partial charge is 0.234 e. The number of benzene rings is 2. The van der Waals surface area contributed by atoms with Crippen LogP contribution in [0.3, 0.4) is 0 Å². The summed E-state index contributed by atoms with van der Waals surface area (Å²) in [6.07, 6.45) is 0. The lowest BCUT2D eigenvalue weighted by atomic mass is 10.3. The van der Waals surface area contributed by atoms with Crippen LogP contribution in [0.1, 0.15) is 6.92 Å². The van der Waals surface area contributed by atoms with E-state index in [0.717, 1.165) is 16.8 Å². The Morgan fingerprint density at radius 3 is 3.00 bits per heavy atom. The van der Waals surface area contributed by atoms with E-state index in [1.54, 1.807) is 0 Å². The SMILES string of the molecule is CCOc1ccc2nc(SCC(=O)Nc3cc(Cl)ccc3F)[nH]c2c1. The van der Waals surface area contributed by atoms with Crippen molar-refractivity contribution in [1.82, 2.24) is 9.97 Å². The summed E-state index contributed by atoms with van der Waals surface area (Å²) in [5, 5.41) is 3.46. The van der Waals surface area contributed by atoms with E-state index in [2.05, 4.69) is 15.3 Å². The fourth-order valence-corrected chi connectivity index (χ4v) is 3.06. The van der Waals surface area contributed by atoms with Gasteiger partial charge in [0.15, 0.2) is 5.16 Å². The van der Waals surface area contributed by atoms with Gasteiger partial charge in [0.2, 0.25) is 5.91 Å². The Morgan fingerprint density at radius 1 is 1.36 bits per heavy atom. The number of halogens is 2. The molecule has 0 radical (unpaired) electrons. The van der Waals surface area contributed by atoms with Gasteiger partial charge in [-0.15, -0.1) is 0 Å². The average molecular weight is 380 g/mol. The second-order valence-electron chi connectivity index (χ2n) is 5.11. The number of anilines is 1. The van der Waals surface area contributed by atoms with Crippen LogP contribution in [0, 0.1) is 5.82 Å². The molecule has 0 atom stereocenters. The van der Waals surface area contributed by atoms with Crippen molar-refractivity contribution in [1.29, 1.82) is 0 Å². The quantitative estimate of drug-likeness (QED) is 0.619. The van der Waals surface area contributed by atoms with Crippen molar-refractivity contribution in [2.24, 2.45) is 0 Å². The van der Waals surface area contributed by atoms with Crippen LogP contribution in [0.5, 0.6) is 5.75 Å². The Hall–Kier alpha value is -2.25. The highest BCUT2D eigenvalue weighted by Gasteiger charge is 2.10. The van der Waals surface area contributed by atoms with Gasteiger partial charge in [-0.2, -0.15) is 0 Å². The van der Waals surface area contributed by atoms with Crippen LogP contribution in [0.25, 0.3) is 11.0 Å². The highest BCUT2D eigenvalue weighted by molar-refractivity contribution is 7.99. The van der Waals surface area contributed by atoms with Crippen LogP contribution < -0.4 is 10.1 Å². The minimum Gasteiger partial charge on any atom is -0.494 e. The lowest BCUT2D eigenvalue weighted by Gasteiger charge is -2.06. The van der Waals surface area contributed by atoms with Crippen molar-refractivity contribution in [3.63, 3.8) is 0 Å². The maximum Gasteiger partial charge on any atom is 0.234 e. The van der Waals surface area contributed by atoms with E-state index >= 15 is 0 Å². The summed E-state index contributed by atoms with van der Waals surface area (Å²) in [7, 11) is 0. The molecule has 2 N–H and O–H groups in total. The predicted octanol–water partition coefficient (Wildman–Crippen LogP) is 4.48. The third-order valence-corrected chi connectivity index (χ3v) is 4.39. The molecule has 3 rings (SSSR count). The van der Waals surface area contributed by atoms with Crippen LogP contribution in [0.2, 0.25) is 5.02 Å². The molecule has 1 aromatic heterocycles. The molecule has 1 amide bonds. The summed E-state index contributed by atoms with van der Waals surface area (Å²) in [6.45, 7) is 2.50. The summed E-state index contributed by atoms with van der Waals surface area (Å²) < 4.78 is 19.1. The lowest BCUT2D eigenvalue weighted by molar-refractivity contribution is -0.113. The van der Waals surface area contributed by atoms with Gasteiger partial charge in [-0.3, -0.25) is 4.79 Å². The van der Waals surface area contributed by atoms with Crippen molar-refractivity contribution in [2.45, 2.75) is 12.1 Å². The zero-order valence-corrected chi connectivity index (χ0v) is 14.9. The van der Waals surface area contributed by atoms with Crippen LogP contribution in [0.15, 0.2) is 41.6 Å². The minimum absolute atomic E-state index is 0.0593. The average Bonchev–Trinajstić information content (AvgIpc) is 2.99. The Labute approximate surface area is 152 Å². The zero-order valence-electron chi connectivity index (χ0n) is 13.3. The Balaban J connectivity index is 1.63. The summed E-state index contributed by atoms with van der Waals surface area (Å²) in [4.78, 5) is 19.5. The summed E-state index contributed by atoms with van der Waals surface area (Å²) >= 11 is 7.03. The molecule has 5 nitrogen and oxygen atoms in total. The molecule has 0 saturated heterocycles. The standard InChI is InChI=1S/C17H15ClFN3O2S/c1-2-24-11-4-6-13-15(8-11)22-17(21-13)25-9-16(23)20-14-7-10(18)3-5-12(14)19/h3-8H,2,9H2,1H3,(H,20,23)(H,21,22). The van der Waals surface area contributed by atoms with E-state index in [-0.39, 0.29) is 17.3 Å². The van der Waals surface area contributed by atoms with Crippen molar-refractivity contribution < 1.29 is 13.9 Å². The summed E-state index contributed by atoms with van der Waals surface area (Å²) in [5.74, 6) is -0.0367. The first-order valence-electron chi connectivity index (χ1n) is 7.55. The number of hydrogen-bond acceptors (Lipinski definition) is 4. The number of ether oxygens (including phenoxy) is 1. The van der Waals surface area contributed by atoms with E-state index in [1.165, 1.54) is 30.0 Å². The normalized spacial score (nSPS) is 10.8. The summed E-state index contributed by atoms with van der Waals surface area (Å²) in [5.41, 5.74) is 1.67. The van der Waals surface area contributed by atoms with Gasteiger partial charge in [0.1, 0.15) is 11.6 Å². The predicted molar refractivity (Wildman–Crippen MR) is 98.0 cm³/mol. The monoisotopic (exact) mass is 379 g/mol. The van der Waals surface area contributed by atoms with E-state index in [4.69, 9.17) is 16.3 Å². The highest BCUT2D eigenvalue weighted by Crippen LogP contribution is 2.24. The minimum atomic E-state index is -0.532. The van der Waals surface area contributed by atoms with Crippen LogP contribution in [-0.4, -0.2) is 28.2 Å². The molecule has 0 aliphatic rings. The lowest BCUT2D eigenvalue weighted by Crippen LogP contribution is -2.15. The Bertz CT molecular complexity index is 916. The van der Waals surface area contributed by atoms with Crippen molar-refractivity contribution in [3.8, 4) is 5.75 Å². The first kappa shape index (κ1) is 17.6. The van der Waals surface area contributed by atoms with Gasteiger partial charge in [0.25, 0.3) is 0 Å². The molecule has 2 aromatic carbocycles. The fraction of sp³-hybridized carbons (Fsp3) is 0.176. The molecule has 0 saturated carbocycles. The summed E-state index contributed by atoms with van der Waals surface area (Å²) in [6, 6.07) is 9.55. The molecule has 3 aromatic rings. The molecule has 0 unspecified atom stereocenters. The maximum absolute atomic E-state index is 13.6. The van der Waals surface area contributed by atoms with Gasteiger partial charge in [-0.1, -0.05) is 23.4 Å². The molecule has 0 spiro atoms. The largest absolute Gasteiger partial charge is 0.494 e. The van der Waals surface area contributed by atoms with E-state index in [9.17, 15) is 9.18 Å². The number of imidazole rings is 1. The second kappa shape index (κ2) is 7.76. The molecule has 0 aliphatic carbocycles. The molecule has 130 valence electrons. The number of nitrogens with one attached hydrogen (secondary N) is 2. The zero-order chi connectivity index (χ0) is 17.8. The van der Waals surface area contributed by atoms with E-state index < -0.39 is 5.82 Å². The van der Waals surface area contributed by atoms with Crippen molar-refractivity contribution >= 4 is 46.0 Å². The molecular formula is C17H15ClFN3O2S. The maximum atomic E-state index is 13.6. The van der Waals surface area contributed by atoms with Gasteiger partial charge in [-0.05, 0) is 37.3 Å². The number of thioether (sulfide) groups is 1. The topological polar surface area (TPSA) is 67.0 Å². The Morgan fingerprint density at radius 2 is 2.20 bits per heavy atom. The molecule has 0 bridgehead atoms. The molecule has 8 heteroatoms. The highest BCUT2D eigenvalue weighted by atomic mass is 35.5. The second-order valence-corrected chi connectivity index (χ2v) is 6.52. The van der Waals surface area contributed by atoms with E-state index in [0.29, 0.717) is 16.8 Å². The van der Waals surface area contributed by atoms with Crippen LogP contribution in [-0.2, 0) is 4.79 Å². The van der Waals surface area contributed by atoms with Gasteiger partial charge in [-0.25, -0.2) is 9.37 Å². The number of aromatic amines is 1. The number of hydrogen-bond donors (Lipinski definition) is 2. The third kappa shape index (κ3) is 4.43. The van der Waals surface area contributed by atoms with Crippen molar-refractivity contribution in [3.05, 3.63) is 47.2 Å². The number of nitrogens with zero attached hydrogens (tertiary/aromatic N) is 1. The number of carbonyl (C=O) groups is 1. The number of rotatable bonds is 6. The van der Waals surface area contributed by atoms with Gasteiger partial charge >= 0.3 is 0 Å². The molecular weight excluding hydrogens is 365 g/mol. The number of amides is 1. The van der Waals surface area contributed by atoms with Crippen LogP contribution in [0.4, 0.5) is 10.1 Å². The van der Waals surface area contributed by atoms with Crippen molar-refractivity contribution in [2.75, 3.05) is 17.7 Å². The van der Waals surface area contributed by atoms with Gasteiger partial charge in [0.05, 0.1) is 29.1 Å². The first-order valence-corrected chi connectivity index (χ1v) is 8.92. The molecule has 0 fully saturated rings. The molecule has 25 heavy (non-hydrogen) atoms. The van der Waals surface area contributed by atoms with E-state index in [1.807, 2.05) is 25.1 Å². The number of H-pyrrole nitrogens is 1. The number of carbonyl (C=O) groups excluding carboxylic acids is 1. The third-order valence-electron chi connectivity index (χ3n) is 3.29. The fourth-order valence-electron chi connectivity index (χ4n) is 2.20. The number of fused-ring (bicyclic) bond motifs is 1.